The molecular formula is C58H61SiZr. The van der Waals surface area contributed by atoms with Gasteiger partial charge in [0.25, 0.3) is 0 Å². The van der Waals surface area contributed by atoms with Gasteiger partial charge in [0, 0.05) is 0 Å². The molecule has 0 bridgehead atoms. The molecule has 0 amide bonds. The van der Waals surface area contributed by atoms with E-state index in [1.54, 1.807) is 22.3 Å². The first-order valence-electron chi connectivity index (χ1n) is 23.5. The molecule has 0 spiro atoms. The van der Waals surface area contributed by atoms with Crippen LogP contribution in [-0.2, 0) is 20.9 Å². The Balaban J connectivity index is 1.23. The molecule has 0 heterocycles. The van der Waals surface area contributed by atoms with E-state index in [1.807, 2.05) is 11.1 Å². The SMILES string of the molecule is C[SiH](C)[Zr]([CH]1C(CC2CCCCC2)=Cc2c(-c3ccccc3)ccc(-c3ccccc3)c21)[CH]1C(CC2CCCCC2)=Cc2c(-c3ccccc3)ccc(-c3ccccc3)c21. The zero-order valence-corrected chi connectivity index (χ0v) is 39.5. The number of fused-ring (bicyclic) bond motifs is 2. The molecule has 0 saturated heterocycles. The molecule has 0 nitrogen and oxygen atoms in total. The molecule has 4 aliphatic rings. The number of benzene rings is 6. The molecule has 6 aromatic rings. The molecule has 2 unspecified atom stereocenters. The summed E-state index contributed by atoms with van der Waals surface area (Å²) in [5.41, 5.74) is 21.5. The van der Waals surface area contributed by atoms with Crippen molar-refractivity contribution >= 4 is 18.1 Å². The molecule has 10 rings (SSSR count). The van der Waals surface area contributed by atoms with E-state index in [0.717, 1.165) is 11.8 Å². The minimum atomic E-state index is -2.59. The Hall–Kier alpha value is -4.10. The van der Waals surface area contributed by atoms with Gasteiger partial charge in [0.15, 0.2) is 0 Å². The molecule has 2 saturated carbocycles. The third kappa shape index (κ3) is 7.93. The van der Waals surface area contributed by atoms with E-state index in [1.165, 1.54) is 122 Å². The average molecular weight is 877 g/mol. The average Bonchev–Trinajstić information content (AvgIpc) is 3.86. The first-order valence-corrected chi connectivity index (χ1v) is 33.4. The molecule has 0 radical (unpaired) electrons. The molecule has 0 N–H and O–H groups in total. The van der Waals surface area contributed by atoms with Crippen molar-refractivity contribution in [3.8, 4) is 44.5 Å². The fraction of sp³-hybridized carbons (Fsp3) is 0.310. The van der Waals surface area contributed by atoms with E-state index in [0.29, 0.717) is 7.25 Å². The second-order valence-electron chi connectivity index (χ2n) is 18.8. The minimum absolute atomic E-state index is 0.574. The van der Waals surface area contributed by atoms with E-state index >= 15 is 0 Å². The Kier molecular flexibility index (Phi) is 12.1. The van der Waals surface area contributed by atoms with Crippen LogP contribution < -0.4 is 0 Å². The Morgan fingerprint density at radius 1 is 0.400 bits per heavy atom. The summed E-state index contributed by atoms with van der Waals surface area (Å²) in [5.74, 6) is 0.416. The van der Waals surface area contributed by atoms with Gasteiger partial charge >= 0.3 is 372 Å². The van der Waals surface area contributed by atoms with Crippen LogP contribution >= 0.6 is 0 Å². The predicted octanol–water partition coefficient (Wildman–Crippen LogP) is 16.5. The summed E-state index contributed by atoms with van der Waals surface area (Å²) in [7, 11) is 0. The van der Waals surface area contributed by atoms with E-state index in [9.17, 15) is 0 Å². The van der Waals surface area contributed by atoms with E-state index in [-0.39, 0.29) is 0 Å². The number of hydrogen-bond acceptors (Lipinski definition) is 0. The van der Waals surface area contributed by atoms with Gasteiger partial charge in [-0.15, -0.1) is 0 Å². The van der Waals surface area contributed by atoms with Gasteiger partial charge in [0.05, 0.1) is 0 Å². The van der Waals surface area contributed by atoms with Crippen molar-refractivity contribution in [3.63, 3.8) is 0 Å². The van der Waals surface area contributed by atoms with Gasteiger partial charge in [-0.2, -0.15) is 0 Å². The first-order chi connectivity index (χ1) is 29.6. The van der Waals surface area contributed by atoms with Crippen molar-refractivity contribution in [3.05, 3.63) is 179 Å². The van der Waals surface area contributed by atoms with Crippen LogP contribution in [0.3, 0.4) is 0 Å². The molecule has 2 atom stereocenters. The Morgan fingerprint density at radius 2 is 0.717 bits per heavy atom. The van der Waals surface area contributed by atoms with E-state index in [4.69, 9.17) is 0 Å². The normalized spacial score (nSPS) is 19.2. The van der Waals surface area contributed by atoms with Crippen LogP contribution in [0.4, 0.5) is 0 Å². The van der Waals surface area contributed by atoms with Crippen molar-refractivity contribution in [1.82, 2.24) is 0 Å². The van der Waals surface area contributed by atoms with Crippen molar-refractivity contribution in [2.75, 3.05) is 0 Å². The van der Waals surface area contributed by atoms with E-state index < -0.39 is 26.8 Å². The first kappa shape index (κ1) is 40.0. The van der Waals surface area contributed by atoms with Crippen LogP contribution in [0.15, 0.2) is 157 Å². The molecule has 0 aromatic heterocycles. The Labute approximate surface area is 369 Å². The zero-order chi connectivity index (χ0) is 40.4. The number of allylic oxidation sites excluding steroid dienone is 2. The predicted molar refractivity (Wildman–Crippen MR) is 257 cm³/mol. The van der Waals surface area contributed by atoms with Crippen LogP contribution in [0.1, 0.15) is 107 Å². The van der Waals surface area contributed by atoms with Crippen molar-refractivity contribution in [2.24, 2.45) is 11.8 Å². The molecule has 0 aliphatic heterocycles. The number of rotatable bonds is 11. The maximum absolute atomic E-state index is 2.81. The number of hydrogen-bond donors (Lipinski definition) is 0. The summed E-state index contributed by atoms with van der Waals surface area (Å²) in [4.78, 5) is 0. The van der Waals surface area contributed by atoms with Crippen molar-refractivity contribution < 1.29 is 20.9 Å². The zero-order valence-electron chi connectivity index (χ0n) is 35.9. The van der Waals surface area contributed by atoms with Crippen LogP contribution in [0.2, 0.25) is 13.1 Å². The summed E-state index contributed by atoms with van der Waals surface area (Å²) in [6, 6.07) is 55.8. The van der Waals surface area contributed by atoms with Crippen molar-refractivity contribution in [1.29, 1.82) is 0 Å². The quantitative estimate of drug-likeness (QED) is 0.114. The molecule has 4 aliphatic carbocycles. The second kappa shape index (κ2) is 18.1. The monoisotopic (exact) mass is 875 g/mol. The second-order valence-corrected chi connectivity index (χ2v) is 38.9. The van der Waals surface area contributed by atoms with Gasteiger partial charge in [0.1, 0.15) is 0 Å². The van der Waals surface area contributed by atoms with Gasteiger partial charge in [-0.05, 0) is 0 Å². The van der Waals surface area contributed by atoms with Crippen LogP contribution in [0.25, 0.3) is 56.7 Å². The Morgan fingerprint density at radius 3 is 1.05 bits per heavy atom. The molecule has 301 valence electrons. The summed E-state index contributed by atoms with van der Waals surface area (Å²) >= 11 is -2.59. The van der Waals surface area contributed by atoms with Gasteiger partial charge in [0.2, 0.25) is 0 Å². The molecule has 60 heavy (non-hydrogen) atoms. The van der Waals surface area contributed by atoms with Crippen LogP contribution in [-0.4, -0.2) is 5.92 Å². The third-order valence-corrected chi connectivity index (χ3v) is 36.4. The van der Waals surface area contributed by atoms with Gasteiger partial charge in [-0.1, -0.05) is 0 Å². The topological polar surface area (TPSA) is 0 Å². The van der Waals surface area contributed by atoms with Crippen LogP contribution in [0.5, 0.6) is 0 Å². The van der Waals surface area contributed by atoms with Gasteiger partial charge in [-0.3, -0.25) is 0 Å². The Bertz CT molecular complexity index is 2300. The summed E-state index contributed by atoms with van der Waals surface area (Å²) in [6.45, 7) is 5.60. The van der Waals surface area contributed by atoms with Gasteiger partial charge in [-0.25, -0.2) is 0 Å². The molecular weight excluding hydrogens is 816 g/mol. The van der Waals surface area contributed by atoms with E-state index in [2.05, 4.69) is 171 Å². The maximum atomic E-state index is 2.81. The third-order valence-electron chi connectivity index (χ3n) is 14.7. The molecule has 2 fully saturated rings. The summed E-state index contributed by atoms with van der Waals surface area (Å²) in [5, 5.41) is 0. The summed E-state index contributed by atoms with van der Waals surface area (Å²) < 4.78 is 1.15. The standard InChI is InChI=1S/2C28H27.C2H7Si.Zr/c2*1-4-10-21(11-5-1)18-22-19-27-25(23-12-6-2-7-13-23)16-17-26(28(27)20-22)24-14-8-3-9-15-24;1-3-2;/h2*2-3,6-9,12-17,19-21H,1,4-5,10-11,18H2;3H,1-2H3;. The van der Waals surface area contributed by atoms with Gasteiger partial charge < -0.3 is 0 Å². The summed E-state index contributed by atoms with van der Waals surface area (Å²) in [6.07, 6.45) is 22.2. The fourth-order valence-electron chi connectivity index (χ4n) is 12.0. The van der Waals surface area contributed by atoms with Crippen LogP contribution in [0, 0.1) is 11.8 Å². The fourth-order valence-corrected chi connectivity index (χ4v) is 34.7. The van der Waals surface area contributed by atoms with Crippen molar-refractivity contribution in [2.45, 2.75) is 97.4 Å². The molecule has 6 aromatic carbocycles. The molecule has 2 heteroatoms.